The highest BCUT2D eigenvalue weighted by Gasteiger charge is 2.16. The SMILES string of the molecule is Cc1cc([N+](=O)[O-])ccc1N(CC(=O)O)CC(C)C. The van der Waals surface area contributed by atoms with Gasteiger partial charge in [0.1, 0.15) is 6.54 Å². The first-order chi connectivity index (χ1) is 8.81. The van der Waals surface area contributed by atoms with E-state index in [9.17, 15) is 14.9 Å². The summed E-state index contributed by atoms with van der Waals surface area (Å²) in [5, 5.41) is 19.6. The van der Waals surface area contributed by atoms with Crippen molar-refractivity contribution >= 4 is 17.3 Å². The van der Waals surface area contributed by atoms with Gasteiger partial charge in [0.15, 0.2) is 0 Å². The zero-order chi connectivity index (χ0) is 14.6. The largest absolute Gasteiger partial charge is 0.480 e. The van der Waals surface area contributed by atoms with Gasteiger partial charge in [-0.3, -0.25) is 14.9 Å². The van der Waals surface area contributed by atoms with Crippen molar-refractivity contribution < 1.29 is 14.8 Å². The van der Waals surface area contributed by atoms with Gasteiger partial charge < -0.3 is 10.0 Å². The molecule has 1 aromatic rings. The third kappa shape index (κ3) is 4.24. The van der Waals surface area contributed by atoms with Crippen LogP contribution >= 0.6 is 0 Å². The average Bonchev–Trinajstić information content (AvgIpc) is 2.26. The first-order valence-corrected chi connectivity index (χ1v) is 6.03. The van der Waals surface area contributed by atoms with E-state index in [0.29, 0.717) is 18.0 Å². The number of hydrogen-bond acceptors (Lipinski definition) is 4. The molecule has 0 spiro atoms. The minimum Gasteiger partial charge on any atom is -0.480 e. The summed E-state index contributed by atoms with van der Waals surface area (Å²) in [5.41, 5.74) is 1.44. The van der Waals surface area contributed by atoms with Crippen LogP contribution in [0.1, 0.15) is 19.4 Å². The summed E-state index contributed by atoms with van der Waals surface area (Å²) in [5.74, 6) is -0.618. The number of carboxylic acids is 1. The maximum absolute atomic E-state index is 10.9. The summed E-state index contributed by atoms with van der Waals surface area (Å²) in [6.07, 6.45) is 0. The molecule has 0 atom stereocenters. The normalized spacial score (nSPS) is 10.5. The number of nitro benzene ring substituents is 1. The topological polar surface area (TPSA) is 83.7 Å². The molecule has 0 aromatic heterocycles. The molecule has 104 valence electrons. The summed E-state index contributed by atoms with van der Waals surface area (Å²) in [6, 6.07) is 4.47. The Kier molecular flexibility index (Phi) is 4.86. The Bertz CT molecular complexity index is 486. The average molecular weight is 266 g/mol. The molecule has 1 rings (SSSR count). The molecule has 0 amide bonds. The Morgan fingerprint density at radius 2 is 2.11 bits per heavy atom. The van der Waals surface area contributed by atoms with Crippen molar-refractivity contribution in [1.82, 2.24) is 0 Å². The van der Waals surface area contributed by atoms with E-state index in [1.54, 1.807) is 17.9 Å². The fourth-order valence-corrected chi connectivity index (χ4v) is 1.96. The van der Waals surface area contributed by atoms with Gasteiger partial charge in [0.05, 0.1) is 4.92 Å². The second kappa shape index (κ2) is 6.17. The summed E-state index contributed by atoms with van der Waals surface area (Å²) >= 11 is 0. The van der Waals surface area contributed by atoms with Crippen LogP contribution in [-0.2, 0) is 4.79 Å². The number of rotatable bonds is 6. The molecular weight excluding hydrogens is 248 g/mol. The minimum absolute atomic E-state index is 0.0149. The lowest BCUT2D eigenvalue weighted by Crippen LogP contribution is -2.33. The Labute approximate surface area is 111 Å². The van der Waals surface area contributed by atoms with E-state index in [1.807, 2.05) is 13.8 Å². The van der Waals surface area contributed by atoms with Gasteiger partial charge in [0, 0.05) is 24.4 Å². The van der Waals surface area contributed by atoms with Crippen LogP contribution in [0.25, 0.3) is 0 Å². The van der Waals surface area contributed by atoms with E-state index in [1.165, 1.54) is 12.1 Å². The summed E-state index contributed by atoms with van der Waals surface area (Å²) in [6.45, 7) is 6.21. The van der Waals surface area contributed by atoms with Crippen LogP contribution in [0.2, 0.25) is 0 Å². The van der Waals surface area contributed by atoms with Crippen molar-refractivity contribution in [3.05, 3.63) is 33.9 Å². The fraction of sp³-hybridized carbons (Fsp3) is 0.462. The minimum atomic E-state index is -0.918. The molecule has 0 radical (unpaired) electrons. The molecule has 0 unspecified atom stereocenters. The van der Waals surface area contributed by atoms with E-state index in [-0.39, 0.29) is 12.2 Å². The third-order valence-corrected chi connectivity index (χ3v) is 2.64. The summed E-state index contributed by atoms with van der Waals surface area (Å²) < 4.78 is 0. The highest BCUT2D eigenvalue weighted by molar-refractivity contribution is 5.74. The van der Waals surface area contributed by atoms with Crippen LogP contribution in [0.5, 0.6) is 0 Å². The van der Waals surface area contributed by atoms with Gasteiger partial charge >= 0.3 is 5.97 Å². The standard InChI is InChI=1S/C13H18N2O4/c1-9(2)7-14(8-13(16)17)12-5-4-11(15(18)19)6-10(12)3/h4-6,9H,7-8H2,1-3H3,(H,16,17). The molecule has 6 heteroatoms. The van der Waals surface area contributed by atoms with Gasteiger partial charge in [-0.1, -0.05) is 13.8 Å². The molecule has 0 aliphatic heterocycles. The molecule has 0 saturated heterocycles. The zero-order valence-corrected chi connectivity index (χ0v) is 11.3. The number of carboxylic acid groups (broad SMARTS) is 1. The van der Waals surface area contributed by atoms with Crippen LogP contribution < -0.4 is 4.90 Å². The van der Waals surface area contributed by atoms with Crippen LogP contribution in [0.4, 0.5) is 11.4 Å². The van der Waals surface area contributed by atoms with Gasteiger partial charge in [-0.25, -0.2) is 0 Å². The van der Waals surface area contributed by atoms with Crippen molar-refractivity contribution in [2.24, 2.45) is 5.92 Å². The second-order valence-electron chi connectivity index (χ2n) is 4.90. The molecule has 0 fully saturated rings. The molecule has 0 saturated carbocycles. The first kappa shape index (κ1) is 14.9. The molecular formula is C13H18N2O4. The zero-order valence-electron chi connectivity index (χ0n) is 11.3. The van der Waals surface area contributed by atoms with Gasteiger partial charge in [-0.2, -0.15) is 0 Å². The Morgan fingerprint density at radius 1 is 1.47 bits per heavy atom. The molecule has 0 aliphatic carbocycles. The van der Waals surface area contributed by atoms with Crippen LogP contribution in [0, 0.1) is 23.0 Å². The highest BCUT2D eigenvalue weighted by Crippen LogP contribution is 2.25. The lowest BCUT2D eigenvalue weighted by molar-refractivity contribution is -0.384. The third-order valence-electron chi connectivity index (χ3n) is 2.64. The van der Waals surface area contributed by atoms with Gasteiger partial charge in [-0.05, 0) is 24.5 Å². The van der Waals surface area contributed by atoms with Crippen molar-refractivity contribution in [2.75, 3.05) is 18.0 Å². The summed E-state index contributed by atoms with van der Waals surface area (Å²) in [4.78, 5) is 22.9. The highest BCUT2D eigenvalue weighted by atomic mass is 16.6. The Morgan fingerprint density at radius 3 is 2.53 bits per heavy atom. The summed E-state index contributed by atoms with van der Waals surface area (Å²) in [7, 11) is 0. The number of nitrogens with zero attached hydrogens (tertiary/aromatic N) is 2. The molecule has 0 bridgehead atoms. The molecule has 19 heavy (non-hydrogen) atoms. The molecule has 6 nitrogen and oxygen atoms in total. The molecule has 1 aromatic carbocycles. The molecule has 1 N–H and O–H groups in total. The fourth-order valence-electron chi connectivity index (χ4n) is 1.96. The number of aryl methyl sites for hydroxylation is 1. The smallest absolute Gasteiger partial charge is 0.323 e. The monoisotopic (exact) mass is 266 g/mol. The van der Waals surface area contributed by atoms with E-state index in [4.69, 9.17) is 5.11 Å². The number of anilines is 1. The van der Waals surface area contributed by atoms with Crippen LogP contribution in [0.3, 0.4) is 0 Å². The van der Waals surface area contributed by atoms with E-state index in [2.05, 4.69) is 0 Å². The number of benzene rings is 1. The van der Waals surface area contributed by atoms with Crippen molar-refractivity contribution in [3.8, 4) is 0 Å². The lowest BCUT2D eigenvalue weighted by atomic mass is 10.1. The van der Waals surface area contributed by atoms with Crippen LogP contribution in [0.15, 0.2) is 18.2 Å². The van der Waals surface area contributed by atoms with E-state index >= 15 is 0 Å². The number of hydrogen-bond donors (Lipinski definition) is 1. The quantitative estimate of drug-likeness (QED) is 0.631. The van der Waals surface area contributed by atoms with Crippen molar-refractivity contribution in [1.29, 1.82) is 0 Å². The molecule has 0 heterocycles. The second-order valence-corrected chi connectivity index (χ2v) is 4.90. The maximum Gasteiger partial charge on any atom is 0.323 e. The Balaban J connectivity index is 3.07. The van der Waals surface area contributed by atoms with Crippen molar-refractivity contribution in [3.63, 3.8) is 0 Å². The maximum atomic E-state index is 10.9. The number of aliphatic carboxylic acids is 1. The predicted octanol–water partition coefficient (Wildman–Crippen LogP) is 2.45. The van der Waals surface area contributed by atoms with Gasteiger partial charge in [-0.15, -0.1) is 0 Å². The molecule has 0 aliphatic rings. The van der Waals surface area contributed by atoms with Crippen molar-refractivity contribution in [2.45, 2.75) is 20.8 Å². The van der Waals surface area contributed by atoms with Gasteiger partial charge in [0.2, 0.25) is 0 Å². The predicted molar refractivity (Wildman–Crippen MR) is 72.5 cm³/mol. The van der Waals surface area contributed by atoms with E-state index < -0.39 is 10.9 Å². The number of carbonyl (C=O) groups is 1. The van der Waals surface area contributed by atoms with Gasteiger partial charge in [0.25, 0.3) is 5.69 Å². The first-order valence-electron chi connectivity index (χ1n) is 6.03. The lowest BCUT2D eigenvalue weighted by Gasteiger charge is -2.26. The number of non-ortho nitro benzene ring substituents is 1. The van der Waals surface area contributed by atoms with Crippen LogP contribution in [-0.4, -0.2) is 29.1 Å². The Hall–Kier alpha value is -2.11. The van der Waals surface area contributed by atoms with E-state index in [0.717, 1.165) is 5.69 Å². The number of nitro groups is 1.